The van der Waals surface area contributed by atoms with E-state index in [9.17, 15) is 4.79 Å². The Kier molecular flexibility index (Phi) is 7.02. The monoisotopic (exact) mass is 283 g/mol. The molecule has 0 aromatic carbocycles. The fraction of sp³-hybridized carbons (Fsp3) is 0.714. The van der Waals surface area contributed by atoms with Gasteiger partial charge in [0.2, 0.25) is 5.91 Å². The number of thiazole rings is 1. The van der Waals surface area contributed by atoms with Crippen LogP contribution in [0.2, 0.25) is 0 Å². The first-order valence-corrected chi connectivity index (χ1v) is 7.84. The zero-order valence-corrected chi connectivity index (χ0v) is 13.2. The van der Waals surface area contributed by atoms with Crippen LogP contribution in [0.25, 0.3) is 0 Å². The van der Waals surface area contributed by atoms with E-state index < -0.39 is 0 Å². The molecular weight excluding hydrogens is 258 g/mol. The molecule has 1 heterocycles. The highest BCUT2D eigenvalue weighted by molar-refractivity contribution is 7.07. The number of aromatic nitrogens is 1. The Morgan fingerprint density at radius 2 is 2.05 bits per heavy atom. The lowest BCUT2D eigenvalue weighted by atomic mass is 10.2. The number of hydrogen-bond acceptors (Lipinski definition) is 4. The summed E-state index contributed by atoms with van der Waals surface area (Å²) in [7, 11) is 0. The molecule has 0 saturated heterocycles. The van der Waals surface area contributed by atoms with Crippen LogP contribution >= 0.6 is 11.3 Å². The molecule has 0 aliphatic heterocycles. The molecule has 1 N–H and O–H groups in total. The third-order valence-corrected chi connectivity index (χ3v) is 3.75. The largest absolute Gasteiger partial charge is 0.355 e. The molecule has 4 nitrogen and oxygen atoms in total. The molecule has 0 atom stereocenters. The van der Waals surface area contributed by atoms with Crippen molar-refractivity contribution in [2.24, 2.45) is 0 Å². The second-order valence-corrected chi connectivity index (χ2v) is 5.97. The van der Waals surface area contributed by atoms with E-state index in [-0.39, 0.29) is 5.91 Å². The third kappa shape index (κ3) is 6.16. The summed E-state index contributed by atoms with van der Waals surface area (Å²) in [5, 5.41) is 4.97. The molecule has 108 valence electrons. The van der Waals surface area contributed by atoms with Crippen LogP contribution in [0.1, 0.15) is 39.8 Å². The van der Waals surface area contributed by atoms with E-state index in [0.717, 1.165) is 18.7 Å². The summed E-state index contributed by atoms with van der Waals surface area (Å²) in [6.07, 6.45) is 1.25. The van der Waals surface area contributed by atoms with Crippen LogP contribution in [0, 0.1) is 0 Å². The van der Waals surface area contributed by atoms with Crippen LogP contribution < -0.4 is 5.32 Å². The predicted octanol–water partition coefficient (Wildman–Crippen LogP) is 2.31. The van der Waals surface area contributed by atoms with Crippen molar-refractivity contribution in [3.63, 3.8) is 0 Å². The maximum atomic E-state index is 11.7. The van der Waals surface area contributed by atoms with Crippen LogP contribution in [0.3, 0.4) is 0 Å². The van der Waals surface area contributed by atoms with Gasteiger partial charge >= 0.3 is 0 Å². The molecule has 1 rings (SSSR count). The number of carbonyl (C=O) groups is 1. The molecule has 0 aliphatic carbocycles. The molecule has 5 heteroatoms. The highest BCUT2D eigenvalue weighted by Crippen LogP contribution is 2.05. The van der Waals surface area contributed by atoms with Gasteiger partial charge in [0.05, 0.1) is 11.2 Å². The smallest absolute Gasteiger partial charge is 0.220 e. The molecule has 0 radical (unpaired) electrons. The molecule has 1 amide bonds. The molecule has 0 aliphatic rings. The van der Waals surface area contributed by atoms with E-state index in [1.54, 1.807) is 16.8 Å². The summed E-state index contributed by atoms with van der Waals surface area (Å²) in [4.78, 5) is 18.3. The fourth-order valence-corrected chi connectivity index (χ4v) is 2.72. The van der Waals surface area contributed by atoms with Crippen molar-refractivity contribution >= 4 is 17.2 Å². The lowest BCUT2D eigenvalue weighted by molar-refractivity contribution is -0.121. The summed E-state index contributed by atoms with van der Waals surface area (Å²) < 4.78 is 0. The second kappa shape index (κ2) is 8.27. The fourth-order valence-electron chi connectivity index (χ4n) is 2.13. The maximum Gasteiger partial charge on any atom is 0.220 e. The Bertz CT molecular complexity index is 355. The number of amides is 1. The normalized spacial score (nSPS) is 11.5. The lowest BCUT2D eigenvalue weighted by Gasteiger charge is -2.30. The SMILES string of the molecule is CC(C)N(CCNC(=O)CCc1cscn1)C(C)C. The van der Waals surface area contributed by atoms with Gasteiger partial charge in [-0.05, 0) is 34.1 Å². The molecule has 1 aromatic rings. The van der Waals surface area contributed by atoms with E-state index in [1.807, 2.05) is 5.38 Å². The molecule has 0 fully saturated rings. The van der Waals surface area contributed by atoms with Gasteiger partial charge in [-0.1, -0.05) is 0 Å². The van der Waals surface area contributed by atoms with E-state index in [2.05, 4.69) is 42.9 Å². The van der Waals surface area contributed by atoms with Crippen LogP contribution in [0.4, 0.5) is 0 Å². The van der Waals surface area contributed by atoms with Gasteiger partial charge in [-0.3, -0.25) is 9.69 Å². The van der Waals surface area contributed by atoms with Gasteiger partial charge in [-0.15, -0.1) is 11.3 Å². The number of hydrogen-bond donors (Lipinski definition) is 1. The summed E-state index contributed by atoms with van der Waals surface area (Å²) in [5.41, 5.74) is 2.81. The minimum absolute atomic E-state index is 0.112. The van der Waals surface area contributed by atoms with Crippen LogP contribution in [0.5, 0.6) is 0 Å². The molecular formula is C14H25N3OS. The zero-order chi connectivity index (χ0) is 14.3. The van der Waals surface area contributed by atoms with E-state index in [4.69, 9.17) is 0 Å². The van der Waals surface area contributed by atoms with Crippen LogP contribution in [0.15, 0.2) is 10.9 Å². The van der Waals surface area contributed by atoms with Crippen LogP contribution in [-0.2, 0) is 11.2 Å². The van der Waals surface area contributed by atoms with Crippen molar-refractivity contribution in [3.05, 3.63) is 16.6 Å². The van der Waals surface area contributed by atoms with Gasteiger partial charge < -0.3 is 5.32 Å². The Hall–Kier alpha value is -0.940. The van der Waals surface area contributed by atoms with Gasteiger partial charge in [0.1, 0.15) is 0 Å². The summed E-state index contributed by atoms with van der Waals surface area (Å²) in [6.45, 7) is 10.4. The Balaban J connectivity index is 2.19. The highest BCUT2D eigenvalue weighted by atomic mass is 32.1. The van der Waals surface area contributed by atoms with Crippen LogP contribution in [-0.4, -0.2) is 41.0 Å². The average molecular weight is 283 g/mol. The van der Waals surface area contributed by atoms with Crippen molar-refractivity contribution < 1.29 is 4.79 Å². The number of rotatable bonds is 8. The molecule has 0 bridgehead atoms. The Labute approximate surface area is 120 Å². The molecule has 1 aromatic heterocycles. The maximum absolute atomic E-state index is 11.7. The predicted molar refractivity (Wildman–Crippen MR) is 80.4 cm³/mol. The standard InChI is InChI=1S/C14H25N3OS/c1-11(2)17(12(3)4)8-7-15-14(18)6-5-13-9-19-10-16-13/h9-12H,5-8H2,1-4H3,(H,15,18). The molecule has 0 saturated carbocycles. The van der Waals surface area contributed by atoms with Gasteiger partial charge in [-0.25, -0.2) is 4.98 Å². The van der Waals surface area contributed by atoms with E-state index in [0.29, 0.717) is 25.0 Å². The quantitative estimate of drug-likeness (QED) is 0.796. The number of nitrogens with one attached hydrogen (secondary N) is 1. The van der Waals surface area contributed by atoms with Crippen molar-refractivity contribution in [1.82, 2.24) is 15.2 Å². The van der Waals surface area contributed by atoms with E-state index in [1.165, 1.54) is 0 Å². The summed E-state index contributed by atoms with van der Waals surface area (Å²) in [5.74, 6) is 0.112. The molecule has 19 heavy (non-hydrogen) atoms. The molecule has 0 spiro atoms. The van der Waals surface area contributed by atoms with E-state index >= 15 is 0 Å². The van der Waals surface area contributed by atoms with Crippen molar-refractivity contribution in [3.8, 4) is 0 Å². The first kappa shape index (κ1) is 16.1. The first-order chi connectivity index (χ1) is 9.00. The van der Waals surface area contributed by atoms with Gasteiger partial charge in [0.25, 0.3) is 0 Å². The Morgan fingerprint density at radius 3 is 2.58 bits per heavy atom. The minimum atomic E-state index is 0.112. The number of aryl methyl sites for hydroxylation is 1. The number of carbonyl (C=O) groups excluding carboxylic acids is 1. The van der Waals surface area contributed by atoms with Gasteiger partial charge in [0, 0.05) is 37.0 Å². The highest BCUT2D eigenvalue weighted by Gasteiger charge is 2.13. The zero-order valence-electron chi connectivity index (χ0n) is 12.3. The topological polar surface area (TPSA) is 45.2 Å². The van der Waals surface area contributed by atoms with Crippen molar-refractivity contribution in [2.75, 3.05) is 13.1 Å². The first-order valence-electron chi connectivity index (χ1n) is 6.90. The van der Waals surface area contributed by atoms with Crippen molar-refractivity contribution in [2.45, 2.75) is 52.6 Å². The Morgan fingerprint density at radius 1 is 1.37 bits per heavy atom. The minimum Gasteiger partial charge on any atom is -0.355 e. The van der Waals surface area contributed by atoms with Crippen molar-refractivity contribution in [1.29, 1.82) is 0 Å². The average Bonchev–Trinajstić information content (AvgIpc) is 2.84. The van der Waals surface area contributed by atoms with Gasteiger partial charge in [-0.2, -0.15) is 0 Å². The van der Waals surface area contributed by atoms with Gasteiger partial charge in [0.15, 0.2) is 0 Å². The third-order valence-electron chi connectivity index (χ3n) is 3.11. The molecule has 0 unspecified atom stereocenters. The second-order valence-electron chi connectivity index (χ2n) is 5.26. The summed E-state index contributed by atoms with van der Waals surface area (Å²) >= 11 is 1.57. The lowest BCUT2D eigenvalue weighted by Crippen LogP contribution is -2.42. The summed E-state index contributed by atoms with van der Waals surface area (Å²) in [6, 6.07) is 1.01. The number of nitrogens with zero attached hydrogens (tertiary/aromatic N) is 2.